The van der Waals surface area contributed by atoms with Crippen LogP contribution in [0.15, 0.2) is 46.4 Å². The monoisotopic (exact) mass is 355 g/mol. The number of nitrogens with one attached hydrogen (secondary N) is 1. The van der Waals surface area contributed by atoms with Crippen molar-refractivity contribution < 1.29 is 19.7 Å². The SMILES string of the molecule is COc1cc(C=NCC(=N)CN=Cc2ccc(O)c(OC)c2)ccc1O. The summed E-state index contributed by atoms with van der Waals surface area (Å²) in [6.07, 6.45) is 3.23. The molecular formula is C19H21N3O4. The van der Waals surface area contributed by atoms with Crippen LogP contribution in [-0.4, -0.2) is 55.7 Å². The maximum atomic E-state index is 9.55. The summed E-state index contributed by atoms with van der Waals surface area (Å²) in [5.74, 6) is 0.881. The summed E-state index contributed by atoms with van der Waals surface area (Å²) in [4.78, 5) is 8.40. The van der Waals surface area contributed by atoms with Gasteiger partial charge in [0, 0.05) is 12.4 Å². The zero-order valence-corrected chi connectivity index (χ0v) is 14.6. The first-order valence-corrected chi connectivity index (χ1v) is 7.83. The first-order valence-electron chi connectivity index (χ1n) is 7.83. The summed E-state index contributed by atoms with van der Waals surface area (Å²) in [6, 6.07) is 9.81. The Kier molecular flexibility index (Phi) is 6.73. The number of nitrogens with zero attached hydrogens (tertiary/aromatic N) is 2. The number of phenols is 2. The number of hydrogen-bond acceptors (Lipinski definition) is 7. The molecular weight excluding hydrogens is 334 g/mol. The van der Waals surface area contributed by atoms with Crippen LogP contribution in [0, 0.1) is 5.41 Å². The van der Waals surface area contributed by atoms with Gasteiger partial charge in [-0.3, -0.25) is 9.98 Å². The molecule has 0 aliphatic rings. The molecule has 0 radical (unpaired) electrons. The van der Waals surface area contributed by atoms with Gasteiger partial charge in [-0.05, 0) is 47.5 Å². The molecule has 136 valence electrons. The number of phenolic OH excluding ortho intramolecular Hbond substituents is 2. The van der Waals surface area contributed by atoms with E-state index in [-0.39, 0.29) is 24.6 Å². The lowest BCUT2D eigenvalue weighted by atomic mass is 10.2. The van der Waals surface area contributed by atoms with Crippen LogP contribution in [0.4, 0.5) is 0 Å². The molecule has 0 spiro atoms. The van der Waals surface area contributed by atoms with Gasteiger partial charge in [0.1, 0.15) is 0 Å². The minimum absolute atomic E-state index is 0.0672. The van der Waals surface area contributed by atoms with Crippen molar-refractivity contribution in [3.8, 4) is 23.0 Å². The van der Waals surface area contributed by atoms with E-state index in [0.717, 1.165) is 11.1 Å². The third-order valence-electron chi connectivity index (χ3n) is 3.45. The number of hydrogen-bond donors (Lipinski definition) is 3. The second-order valence-corrected chi connectivity index (χ2v) is 5.41. The number of aliphatic imine (C=N–C) groups is 2. The maximum absolute atomic E-state index is 9.55. The van der Waals surface area contributed by atoms with Crippen LogP contribution in [0.25, 0.3) is 0 Å². The van der Waals surface area contributed by atoms with E-state index in [4.69, 9.17) is 14.9 Å². The van der Waals surface area contributed by atoms with E-state index in [0.29, 0.717) is 17.2 Å². The molecule has 3 N–H and O–H groups in total. The van der Waals surface area contributed by atoms with Gasteiger partial charge < -0.3 is 25.1 Å². The smallest absolute Gasteiger partial charge is 0.161 e. The highest BCUT2D eigenvalue weighted by Gasteiger charge is 2.02. The standard InChI is InChI=1S/C19H21N3O4/c1-25-18-7-13(3-5-16(18)23)9-21-11-15(20)12-22-10-14-4-6-17(24)19(8-14)26-2/h3-10,20,23-24H,11-12H2,1-2H3. The summed E-state index contributed by atoms with van der Waals surface area (Å²) < 4.78 is 10.1. The molecule has 26 heavy (non-hydrogen) atoms. The Morgan fingerprint density at radius 3 is 1.69 bits per heavy atom. The molecule has 0 aromatic heterocycles. The Hall–Kier alpha value is -3.35. The highest BCUT2D eigenvalue weighted by atomic mass is 16.5. The van der Waals surface area contributed by atoms with Crippen molar-refractivity contribution in [2.75, 3.05) is 27.3 Å². The van der Waals surface area contributed by atoms with Gasteiger partial charge in [-0.1, -0.05) is 0 Å². The van der Waals surface area contributed by atoms with E-state index in [1.165, 1.54) is 26.4 Å². The van der Waals surface area contributed by atoms with E-state index in [1.807, 2.05) is 0 Å². The van der Waals surface area contributed by atoms with Gasteiger partial charge in [-0.25, -0.2) is 0 Å². The fourth-order valence-corrected chi connectivity index (χ4v) is 2.12. The van der Waals surface area contributed by atoms with Gasteiger partial charge in [0.2, 0.25) is 0 Å². The Balaban J connectivity index is 1.87. The highest BCUT2D eigenvalue weighted by Crippen LogP contribution is 2.26. The number of methoxy groups -OCH3 is 2. The fraction of sp³-hybridized carbons (Fsp3) is 0.211. The number of ether oxygens (including phenoxy) is 2. The number of aromatic hydroxyl groups is 2. The molecule has 0 heterocycles. The summed E-state index contributed by atoms with van der Waals surface area (Å²) in [6.45, 7) is 0.443. The van der Waals surface area contributed by atoms with E-state index < -0.39 is 0 Å². The maximum Gasteiger partial charge on any atom is 0.161 e. The van der Waals surface area contributed by atoms with Crippen molar-refractivity contribution in [1.29, 1.82) is 5.41 Å². The molecule has 0 saturated heterocycles. The zero-order chi connectivity index (χ0) is 18.9. The fourth-order valence-electron chi connectivity index (χ4n) is 2.12. The van der Waals surface area contributed by atoms with Gasteiger partial charge in [-0.2, -0.15) is 0 Å². The lowest BCUT2D eigenvalue weighted by molar-refractivity contribution is 0.373. The molecule has 2 aromatic rings. The van der Waals surface area contributed by atoms with Crippen LogP contribution in [0.2, 0.25) is 0 Å². The molecule has 0 amide bonds. The van der Waals surface area contributed by atoms with Gasteiger partial charge >= 0.3 is 0 Å². The van der Waals surface area contributed by atoms with E-state index in [9.17, 15) is 10.2 Å². The molecule has 2 aromatic carbocycles. The van der Waals surface area contributed by atoms with Crippen molar-refractivity contribution in [2.24, 2.45) is 9.98 Å². The third kappa shape index (κ3) is 5.34. The van der Waals surface area contributed by atoms with Crippen molar-refractivity contribution in [3.63, 3.8) is 0 Å². The first-order chi connectivity index (χ1) is 12.5. The van der Waals surface area contributed by atoms with Gasteiger partial charge in [0.15, 0.2) is 23.0 Å². The molecule has 0 atom stereocenters. The predicted molar refractivity (Wildman–Crippen MR) is 102 cm³/mol. The van der Waals surface area contributed by atoms with Crippen molar-refractivity contribution in [3.05, 3.63) is 47.5 Å². The van der Waals surface area contributed by atoms with Gasteiger partial charge in [0.05, 0.1) is 33.0 Å². The Bertz CT molecular complexity index is 764. The average Bonchev–Trinajstić information content (AvgIpc) is 2.64. The second kappa shape index (κ2) is 9.22. The average molecular weight is 355 g/mol. The highest BCUT2D eigenvalue weighted by molar-refractivity contribution is 5.90. The van der Waals surface area contributed by atoms with Gasteiger partial charge in [0.25, 0.3) is 0 Å². The third-order valence-corrected chi connectivity index (χ3v) is 3.45. The summed E-state index contributed by atoms with van der Waals surface area (Å²) >= 11 is 0. The summed E-state index contributed by atoms with van der Waals surface area (Å²) in [5, 5.41) is 27.0. The van der Waals surface area contributed by atoms with E-state index in [1.54, 1.807) is 36.7 Å². The molecule has 0 aliphatic heterocycles. The molecule has 2 rings (SSSR count). The lowest BCUT2D eigenvalue weighted by Crippen LogP contribution is -2.06. The molecule has 0 fully saturated rings. The zero-order valence-electron chi connectivity index (χ0n) is 14.6. The Morgan fingerprint density at radius 2 is 1.31 bits per heavy atom. The van der Waals surface area contributed by atoms with Crippen LogP contribution >= 0.6 is 0 Å². The second-order valence-electron chi connectivity index (χ2n) is 5.41. The largest absolute Gasteiger partial charge is 0.504 e. The van der Waals surface area contributed by atoms with Crippen LogP contribution in [0.1, 0.15) is 11.1 Å². The molecule has 0 saturated carbocycles. The molecule has 7 heteroatoms. The lowest BCUT2D eigenvalue weighted by Gasteiger charge is -2.03. The van der Waals surface area contributed by atoms with E-state index >= 15 is 0 Å². The minimum atomic E-state index is 0.0672. The summed E-state index contributed by atoms with van der Waals surface area (Å²) in [5.41, 5.74) is 1.90. The van der Waals surface area contributed by atoms with Crippen LogP contribution in [0.3, 0.4) is 0 Å². The molecule has 0 bridgehead atoms. The summed E-state index contributed by atoms with van der Waals surface area (Å²) in [7, 11) is 2.96. The predicted octanol–water partition coefficient (Wildman–Crippen LogP) is 2.67. The first kappa shape index (κ1) is 19.0. The quantitative estimate of drug-likeness (QED) is 0.633. The molecule has 7 nitrogen and oxygen atoms in total. The van der Waals surface area contributed by atoms with E-state index in [2.05, 4.69) is 9.98 Å². The van der Waals surface area contributed by atoms with Crippen molar-refractivity contribution >= 4 is 18.1 Å². The number of rotatable bonds is 8. The van der Waals surface area contributed by atoms with Crippen LogP contribution in [0.5, 0.6) is 23.0 Å². The molecule has 0 aliphatic carbocycles. The van der Waals surface area contributed by atoms with Crippen molar-refractivity contribution in [1.82, 2.24) is 0 Å². The number of benzene rings is 2. The topological polar surface area (TPSA) is 107 Å². The van der Waals surface area contributed by atoms with Gasteiger partial charge in [-0.15, -0.1) is 0 Å². The molecule has 0 unspecified atom stereocenters. The Morgan fingerprint density at radius 1 is 0.885 bits per heavy atom. The Labute approximate surface area is 151 Å². The van der Waals surface area contributed by atoms with Crippen molar-refractivity contribution in [2.45, 2.75) is 0 Å². The van der Waals surface area contributed by atoms with Crippen LogP contribution in [-0.2, 0) is 0 Å². The van der Waals surface area contributed by atoms with Crippen LogP contribution < -0.4 is 9.47 Å². The normalized spacial score (nSPS) is 11.2. The minimum Gasteiger partial charge on any atom is -0.504 e.